The number of ether oxygens (including phenoxy) is 1. The van der Waals surface area contributed by atoms with Crippen molar-refractivity contribution in [2.45, 2.75) is 38.9 Å². The number of carbonyl (C=O) groups excluding carboxylic acids is 2. The molecule has 2 heterocycles. The molecular formula is C25H34N4O3. The molecule has 172 valence electrons. The molecule has 0 spiro atoms. The van der Waals surface area contributed by atoms with Gasteiger partial charge in [0.25, 0.3) is 0 Å². The third-order valence-corrected chi connectivity index (χ3v) is 6.32. The first kappa shape index (κ1) is 22.6. The van der Waals surface area contributed by atoms with Gasteiger partial charge in [-0.2, -0.15) is 0 Å². The maximum Gasteiger partial charge on any atom is 0.242 e. The van der Waals surface area contributed by atoms with Gasteiger partial charge in [-0.25, -0.2) is 0 Å². The Kier molecular flexibility index (Phi) is 7.60. The summed E-state index contributed by atoms with van der Waals surface area (Å²) < 4.78 is 7.60. The van der Waals surface area contributed by atoms with E-state index >= 15 is 0 Å². The molecule has 1 aromatic heterocycles. The summed E-state index contributed by atoms with van der Waals surface area (Å²) in [5, 5.41) is 0. The smallest absolute Gasteiger partial charge is 0.242 e. The van der Waals surface area contributed by atoms with Crippen molar-refractivity contribution in [3.05, 3.63) is 59.9 Å². The van der Waals surface area contributed by atoms with E-state index in [4.69, 9.17) is 4.74 Å². The van der Waals surface area contributed by atoms with Gasteiger partial charge in [-0.3, -0.25) is 14.5 Å². The Hall–Kier alpha value is -2.64. The number of morpholine rings is 1. The second-order valence-corrected chi connectivity index (χ2v) is 8.76. The first-order valence-corrected chi connectivity index (χ1v) is 11.6. The molecule has 0 unspecified atom stereocenters. The summed E-state index contributed by atoms with van der Waals surface area (Å²) in [7, 11) is 0. The van der Waals surface area contributed by atoms with Crippen molar-refractivity contribution in [3.8, 4) is 0 Å². The van der Waals surface area contributed by atoms with Crippen LogP contribution in [-0.4, -0.2) is 83.1 Å². The summed E-state index contributed by atoms with van der Waals surface area (Å²) >= 11 is 0. The molecular weight excluding hydrogens is 404 g/mol. The molecule has 7 heteroatoms. The van der Waals surface area contributed by atoms with Crippen molar-refractivity contribution < 1.29 is 14.3 Å². The van der Waals surface area contributed by atoms with E-state index in [1.54, 1.807) is 11.8 Å². The summed E-state index contributed by atoms with van der Waals surface area (Å²) in [6.45, 7) is 7.65. The Morgan fingerprint density at radius 2 is 1.81 bits per heavy atom. The van der Waals surface area contributed by atoms with Crippen LogP contribution in [0.15, 0.2) is 48.7 Å². The van der Waals surface area contributed by atoms with E-state index in [0.717, 1.165) is 57.9 Å². The van der Waals surface area contributed by atoms with Gasteiger partial charge in [-0.05, 0) is 30.5 Å². The lowest BCUT2D eigenvalue weighted by molar-refractivity contribution is -0.140. The zero-order valence-electron chi connectivity index (χ0n) is 19.0. The standard InChI is InChI=1S/C25H34N4O3/c1-21(30)27(13-12-26-14-16-32-17-15-26)20-25(31)29(23-9-10-23)19-24-8-5-11-28(24)18-22-6-3-2-4-7-22/h2-8,11,23H,9-10,12-20H2,1H3. The lowest BCUT2D eigenvalue weighted by atomic mass is 10.2. The average Bonchev–Trinajstić information content (AvgIpc) is 3.56. The fourth-order valence-electron chi connectivity index (χ4n) is 4.20. The number of hydrogen-bond donors (Lipinski definition) is 0. The molecule has 4 rings (SSSR count). The van der Waals surface area contributed by atoms with E-state index in [0.29, 0.717) is 13.1 Å². The number of rotatable bonds is 10. The Bertz CT molecular complexity index is 888. The Morgan fingerprint density at radius 3 is 2.50 bits per heavy atom. The number of hydrogen-bond acceptors (Lipinski definition) is 4. The first-order chi connectivity index (χ1) is 15.6. The molecule has 2 aliphatic rings. The highest BCUT2D eigenvalue weighted by Gasteiger charge is 2.34. The number of aromatic nitrogens is 1. The lowest BCUT2D eigenvalue weighted by Gasteiger charge is -2.31. The minimum absolute atomic E-state index is 0.0390. The Balaban J connectivity index is 1.37. The second kappa shape index (κ2) is 10.8. The second-order valence-electron chi connectivity index (χ2n) is 8.76. The van der Waals surface area contributed by atoms with Crippen molar-refractivity contribution >= 4 is 11.8 Å². The Labute approximate surface area is 190 Å². The van der Waals surface area contributed by atoms with E-state index in [-0.39, 0.29) is 24.4 Å². The van der Waals surface area contributed by atoms with Crippen molar-refractivity contribution in [1.29, 1.82) is 0 Å². The fraction of sp³-hybridized carbons (Fsp3) is 0.520. The number of nitrogens with zero attached hydrogens (tertiary/aromatic N) is 4. The SMILES string of the molecule is CC(=O)N(CCN1CCOCC1)CC(=O)N(Cc1cccn1Cc1ccccc1)C1CC1. The zero-order chi connectivity index (χ0) is 22.3. The van der Waals surface area contributed by atoms with Crippen molar-refractivity contribution in [3.63, 3.8) is 0 Å². The van der Waals surface area contributed by atoms with Gasteiger partial charge in [-0.15, -0.1) is 0 Å². The van der Waals surface area contributed by atoms with Crippen LogP contribution < -0.4 is 0 Å². The molecule has 32 heavy (non-hydrogen) atoms. The van der Waals surface area contributed by atoms with Crippen LogP contribution in [0.25, 0.3) is 0 Å². The quantitative estimate of drug-likeness (QED) is 0.571. The summed E-state index contributed by atoms with van der Waals surface area (Å²) in [6, 6.07) is 14.8. The predicted molar refractivity (Wildman–Crippen MR) is 123 cm³/mol. The molecule has 1 aliphatic heterocycles. The molecule has 0 radical (unpaired) electrons. The molecule has 1 saturated carbocycles. The van der Waals surface area contributed by atoms with Crippen LogP contribution in [-0.2, 0) is 27.4 Å². The van der Waals surface area contributed by atoms with Gasteiger partial charge in [0.15, 0.2) is 0 Å². The largest absolute Gasteiger partial charge is 0.379 e. The monoisotopic (exact) mass is 438 g/mol. The van der Waals surface area contributed by atoms with Crippen LogP contribution in [0, 0.1) is 0 Å². The van der Waals surface area contributed by atoms with E-state index in [1.807, 2.05) is 29.2 Å². The molecule has 2 fully saturated rings. The molecule has 0 bridgehead atoms. The van der Waals surface area contributed by atoms with Crippen LogP contribution in [0.4, 0.5) is 0 Å². The molecule has 1 aliphatic carbocycles. The van der Waals surface area contributed by atoms with Crippen LogP contribution in [0.1, 0.15) is 31.0 Å². The van der Waals surface area contributed by atoms with E-state index < -0.39 is 0 Å². The highest BCUT2D eigenvalue weighted by atomic mass is 16.5. The summed E-state index contributed by atoms with van der Waals surface area (Å²) in [5.41, 5.74) is 2.36. The normalized spacial score (nSPS) is 16.7. The van der Waals surface area contributed by atoms with Gasteiger partial charge < -0.3 is 19.1 Å². The molecule has 1 aromatic carbocycles. The molecule has 1 saturated heterocycles. The van der Waals surface area contributed by atoms with Gasteiger partial charge in [0.2, 0.25) is 11.8 Å². The summed E-state index contributed by atoms with van der Waals surface area (Å²) in [4.78, 5) is 31.5. The molecule has 2 amide bonds. The minimum Gasteiger partial charge on any atom is -0.379 e. The highest BCUT2D eigenvalue weighted by molar-refractivity contribution is 5.84. The predicted octanol–water partition coefficient (Wildman–Crippen LogP) is 2.21. The number of carbonyl (C=O) groups is 2. The molecule has 0 atom stereocenters. The van der Waals surface area contributed by atoms with Crippen molar-refractivity contribution in [2.75, 3.05) is 45.9 Å². The summed E-state index contributed by atoms with van der Waals surface area (Å²) in [5.74, 6) is -0.00746. The third-order valence-electron chi connectivity index (χ3n) is 6.32. The van der Waals surface area contributed by atoms with Gasteiger partial charge in [0.05, 0.1) is 26.3 Å². The first-order valence-electron chi connectivity index (χ1n) is 11.6. The maximum atomic E-state index is 13.3. The van der Waals surface area contributed by atoms with Gasteiger partial charge in [-0.1, -0.05) is 30.3 Å². The number of amides is 2. The van der Waals surface area contributed by atoms with Crippen LogP contribution in [0.3, 0.4) is 0 Å². The highest BCUT2D eigenvalue weighted by Crippen LogP contribution is 2.29. The average molecular weight is 439 g/mol. The lowest BCUT2D eigenvalue weighted by Crippen LogP contribution is -2.47. The number of benzene rings is 1. The summed E-state index contributed by atoms with van der Waals surface area (Å²) in [6.07, 6.45) is 4.15. The van der Waals surface area contributed by atoms with E-state index in [1.165, 1.54) is 5.56 Å². The van der Waals surface area contributed by atoms with Gasteiger partial charge >= 0.3 is 0 Å². The van der Waals surface area contributed by atoms with E-state index in [2.05, 4.69) is 33.9 Å². The third kappa shape index (κ3) is 6.20. The minimum atomic E-state index is -0.0465. The van der Waals surface area contributed by atoms with Crippen LogP contribution in [0.2, 0.25) is 0 Å². The molecule has 2 aromatic rings. The topological polar surface area (TPSA) is 58.0 Å². The molecule has 7 nitrogen and oxygen atoms in total. The fourth-order valence-corrected chi connectivity index (χ4v) is 4.20. The zero-order valence-corrected chi connectivity index (χ0v) is 19.0. The molecule has 0 N–H and O–H groups in total. The van der Waals surface area contributed by atoms with E-state index in [9.17, 15) is 9.59 Å². The van der Waals surface area contributed by atoms with Crippen molar-refractivity contribution in [2.24, 2.45) is 0 Å². The maximum absolute atomic E-state index is 13.3. The van der Waals surface area contributed by atoms with Crippen molar-refractivity contribution in [1.82, 2.24) is 19.3 Å². The van der Waals surface area contributed by atoms with Gasteiger partial charge in [0.1, 0.15) is 0 Å². The Morgan fingerprint density at radius 1 is 1.06 bits per heavy atom. The van der Waals surface area contributed by atoms with Crippen LogP contribution >= 0.6 is 0 Å². The van der Waals surface area contributed by atoms with Crippen LogP contribution in [0.5, 0.6) is 0 Å². The van der Waals surface area contributed by atoms with Gasteiger partial charge in [0, 0.05) is 57.6 Å².